The van der Waals surface area contributed by atoms with Crippen LogP contribution in [-0.2, 0) is 9.59 Å². The molecule has 0 saturated carbocycles. The van der Waals surface area contributed by atoms with Crippen molar-refractivity contribution in [1.29, 1.82) is 0 Å². The van der Waals surface area contributed by atoms with Crippen LogP contribution >= 0.6 is 0 Å². The van der Waals surface area contributed by atoms with E-state index in [1.165, 1.54) is 12.3 Å². The zero-order chi connectivity index (χ0) is 16.4. The number of nitrogens with zero attached hydrogens (tertiary/aromatic N) is 2. The Bertz CT molecular complexity index is 656. The summed E-state index contributed by atoms with van der Waals surface area (Å²) in [5, 5.41) is 11.3. The van der Waals surface area contributed by atoms with E-state index in [0.717, 1.165) is 11.0 Å². The van der Waals surface area contributed by atoms with Gasteiger partial charge in [-0.2, -0.15) is 0 Å². The lowest BCUT2D eigenvalue weighted by atomic mass is 10.2. The highest BCUT2D eigenvalue weighted by molar-refractivity contribution is 6.08. The highest BCUT2D eigenvalue weighted by Gasteiger charge is 2.40. The van der Waals surface area contributed by atoms with Crippen molar-refractivity contribution in [2.45, 2.75) is 32.4 Å². The van der Waals surface area contributed by atoms with Crippen molar-refractivity contribution in [3.05, 3.63) is 29.6 Å². The first kappa shape index (κ1) is 15.6. The third-order valence-electron chi connectivity index (χ3n) is 3.25. The first-order valence-corrected chi connectivity index (χ1v) is 6.67. The second-order valence-corrected chi connectivity index (χ2v) is 5.16. The van der Waals surface area contributed by atoms with Crippen molar-refractivity contribution in [3.8, 4) is 0 Å². The van der Waals surface area contributed by atoms with Gasteiger partial charge in [0.2, 0.25) is 5.91 Å². The number of pyridine rings is 1. The molecule has 1 atom stereocenters. The maximum absolute atomic E-state index is 12.1. The van der Waals surface area contributed by atoms with Gasteiger partial charge in [-0.15, -0.1) is 0 Å². The van der Waals surface area contributed by atoms with Crippen LogP contribution in [0.25, 0.3) is 0 Å². The van der Waals surface area contributed by atoms with Crippen LogP contribution in [0.4, 0.5) is 0 Å². The van der Waals surface area contributed by atoms with E-state index >= 15 is 0 Å². The van der Waals surface area contributed by atoms with Crippen molar-refractivity contribution >= 4 is 23.7 Å². The van der Waals surface area contributed by atoms with Gasteiger partial charge in [-0.3, -0.25) is 19.3 Å². The van der Waals surface area contributed by atoms with Gasteiger partial charge in [-0.05, 0) is 26.0 Å². The molecular formula is C14H15N3O5. The molecule has 1 aliphatic rings. The maximum atomic E-state index is 12.1. The van der Waals surface area contributed by atoms with E-state index < -0.39 is 23.8 Å². The highest BCUT2D eigenvalue weighted by atomic mass is 16.4. The number of carboxylic acids is 1. The molecule has 0 aliphatic carbocycles. The van der Waals surface area contributed by atoms with Crippen LogP contribution in [0.15, 0.2) is 18.3 Å². The summed E-state index contributed by atoms with van der Waals surface area (Å²) in [5.74, 6) is -2.68. The van der Waals surface area contributed by atoms with Crippen molar-refractivity contribution in [2.24, 2.45) is 0 Å². The molecule has 0 bridgehead atoms. The van der Waals surface area contributed by atoms with Gasteiger partial charge in [-0.25, -0.2) is 9.78 Å². The van der Waals surface area contributed by atoms with Crippen LogP contribution in [0.3, 0.4) is 0 Å². The molecule has 116 valence electrons. The second-order valence-electron chi connectivity index (χ2n) is 5.16. The third-order valence-corrected chi connectivity index (χ3v) is 3.25. The van der Waals surface area contributed by atoms with E-state index in [-0.39, 0.29) is 29.6 Å². The predicted octanol–water partition coefficient (Wildman–Crippen LogP) is 0.0455. The maximum Gasteiger partial charge on any atom is 0.354 e. The number of aromatic nitrogens is 1. The van der Waals surface area contributed by atoms with Gasteiger partial charge >= 0.3 is 5.97 Å². The molecule has 22 heavy (non-hydrogen) atoms. The van der Waals surface area contributed by atoms with E-state index in [1.807, 2.05) is 0 Å². The Hall–Kier alpha value is -2.77. The standard InChI is InChI=1S/C14H15N3O5/c1-7(2)17-11(18)6-9(13(17)20)16-12(19)8-3-4-15-10(5-8)14(21)22/h3-5,7,9H,6H2,1-2H3,(H,16,19)(H,21,22). The van der Waals surface area contributed by atoms with Crippen molar-refractivity contribution in [2.75, 3.05) is 0 Å². The minimum absolute atomic E-state index is 0.0654. The van der Waals surface area contributed by atoms with E-state index in [9.17, 15) is 19.2 Å². The lowest BCUT2D eigenvalue weighted by molar-refractivity contribution is -0.140. The molecule has 1 fully saturated rings. The van der Waals surface area contributed by atoms with Gasteiger partial charge < -0.3 is 10.4 Å². The Kier molecular flexibility index (Phi) is 4.20. The minimum atomic E-state index is -1.26. The van der Waals surface area contributed by atoms with Crippen LogP contribution in [0, 0.1) is 0 Å². The average molecular weight is 305 g/mol. The highest BCUT2D eigenvalue weighted by Crippen LogP contribution is 2.16. The molecule has 1 saturated heterocycles. The van der Waals surface area contributed by atoms with Gasteiger partial charge in [0.05, 0.1) is 6.42 Å². The topological polar surface area (TPSA) is 117 Å². The Morgan fingerprint density at radius 2 is 2.09 bits per heavy atom. The number of imide groups is 1. The normalized spacial score (nSPS) is 18.0. The minimum Gasteiger partial charge on any atom is -0.477 e. The fourth-order valence-electron chi connectivity index (χ4n) is 2.24. The molecule has 0 aromatic carbocycles. The van der Waals surface area contributed by atoms with Crippen LogP contribution in [0.5, 0.6) is 0 Å². The lowest BCUT2D eigenvalue weighted by Gasteiger charge is -2.19. The monoisotopic (exact) mass is 305 g/mol. The smallest absolute Gasteiger partial charge is 0.354 e. The number of carbonyl (C=O) groups excluding carboxylic acids is 3. The number of rotatable bonds is 4. The van der Waals surface area contributed by atoms with Gasteiger partial charge in [0.25, 0.3) is 11.8 Å². The van der Waals surface area contributed by atoms with Crippen LogP contribution < -0.4 is 5.32 Å². The number of amides is 3. The van der Waals surface area contributed by atoms with Crippen LogP contribution in [-0.4, -0.2) is 50.8 Å². The predicted molar refractivity (Wildman–Crippen MR) is 74.1 cm³/mol. The summed E-state index contributed by atoms with van der Waals surface area (Å²) >= 11 is 0. The molecule has 1 aromatic rings. The number of likely N-dealkylation sites (tertiary alicyclic amines) is 1. The summed E-state index contributed by atoms with van der Waals surface area (Å²) < 4.78 is 0. The molecule has 8 nitrogen and oxygen atoms in total. The summed E-state index contributed by atoms with van der Waals surface area (Å²) in [6.45, 7) is 3.42. The van der Waals surface area contributed by atoms with Gasteiger partial charge in [0, 0.05) is 17.8 Å². The molecule has 2 N–H and O–H groups in total. The fraction of sp³-hybridized carbons (Fsp3) is 0.357. The zero-order valence-corrected chi connectivity index (χ0v) is 12.1. The van der Waals surface area contributed by atoms with Crippen LogP contribution in [0.1, 0.15) is 41.1 Å². The van der Waals surface area contributed by atoms with Crippen molar-refractivity contribution < 1.29 is 24.3 Å². The quantitative estimate of drug-likeness (QED) is 0.759. The molecule has 0 radical (unpaired) electrons. The fourth-order valence-corrected chi connectivity index (χ4v) is 2.24. The molecular weight excluding hydrogens is 290 g/mol. The van der Waals surface area contributed by atoms with Gasteiger partial charge in [-0.1, -0.05) is 0 Å². The van der Waals surface area contributed by atoms with E-state index in [4.69, 9.17) is 5.11 Å². The molecule has 2 rings (SSSR count). The molecule has 8 heteroatoms. The summed E-state index contributed by atoms with van der Waals surface area (Å²) in [6.07, 6.45) is 1.10. The van der Waals surface area contributed by atoms with Gasteiger partial charge in [0.1, 0.15) is 11.7 Å². The molecule has 1 aliphatic heterocycles. The molecule has 2 heterocycles. The number of hydrogen-bond acceptors (Lipinski definition) is 5. The molecule has 0 spiro atoms. The second kappa shape index (κ2) is 5.92. The molecule has 1 aromatic heterocycles. The molecule has 1 unspecified atom stereocenters. The molecule has 3 amide bonds. The van der Waals surface area contributed by atoms with E-state index in [1.54, 1.807) is 13.8 Å². The average Bonchev–Trinajstić information content (AvgIpc) is 2.73. The zero-order valence-electron chi connectivity index (χ0n) is 12.1. The Morgan fingerprint density at radius 1 is 1.41 bits per heavy atom. The largest absolute Gasteiger partial charge is 0.477 e. The number of nitrogens with one attached hydrogen (secondary N) is 1. The van der Waals surface area contributed by atoms with Crippen molar-refractivity contribution in [1.82, 2.24) is 15.2 Å². The number of carbonyl (C=O) groups is 4. The number of carboxylic acid groups (broad SMARTS) is 1. The van der Waals surface area contributed by atoms with E-state index in [2.05, 4.69) is 10.3 Å². The summed E-state index contributed by atoms with van der Waals surface area (Å²) in [5.41, 5.74) is -0.207. The first-order chi connectivity index (χ1) is 10.3. The summed E-state index contributed by atoms with van der Waals surface area (Å²) in [4.78, 5) is 51.5. The number of hydrogen-bond donors (Lipinski definition) is 2. The van der Waals surface area contributed by atoms with Crippen molar-refractivity contribution in [3.63, 3.8) is 0 Å². The van der Waals surface area contributed by atoms with Crippen LogP contribution in [0.2, 0.25) is 0 Å². The summed E-state index contributed by atoms with van der Waals surface area (Å²) in [6, 6.07) is 1.24. The Morgan fingerprint density at radius 3 is 2.64 bits per heavy atom. The lowest BCUT2D eigenvalue weighted by Crippen LogP contribution is -2.43. The SMILES string of the molecule is CC(C)N1C(=O)CC(NC(=O)c2ccnc(C(=O)O)c2)C1=O. The summed E-state index contributed by atoms with van der Waals surface area (Å²) in [7, 11) is 0. The van der Waals surface area contributed by atoms with E-state index in [0.29, 0.717) is 0 Å². The Labute approximate surface area is 126 Å². The third kappa shape index (κ3) is 2.95. The van der Waals surface area contributed by atoms with Gasteiger partial charge in [0.15, 0.2) is 0 Å². The Balaban J connectivity index is 2.13. The number of aromatic carboxylic acids is 1. The first-order valence-electron chi connectivity index (χ1n) is 6.67.